The lowest BCUT2D eigenvalue weighted by molar-refractivity contribution is -0.389. The highest BCUT2D eigenvalue weighted by Crippen LogP contribution is 2.41. The lowest BCUT2D eigenvalue weighted by Crippen LogP contribution is -2.40. The Balaban J connectivity index is 1.98. The summed E-state index contributed by atoms with van der Waals surface area (Å²) in [4.78, 5) is 27.0. The summed E-state index contributed by atoms with van der Waals surface area (Å²) in [6, 6.07) is -0.363. The molecule has 1 fully saturated rings. The summed E-state index contributed by atoms with van der Waals surface area (Å²) in [5, 5.41) is 25.4. The maximum absolute atomic E-state index is 11.5. The van der Waals surface area contributed by atoms with E-state index in [0.29, 0.717) is 17.8 Å². The van der Waals surface area contributed by atoms with Crippen LogP contribution in [0.4, 0.5) is 11.6 Å². The molecule has 1 aliphatic rings. The molecule has 0 amide bonds. The van der Waals surface area contributed by atoms with Gasteiger partial charge in [0.1, 0.15) is 6.20 Å². The molecule has 9 heteroatoms. The molecule has 0 spiro atoms. The Hall–Kier alpha value is -2.16. The molecule has 21 heavy (non-hydrogen) atoms. The molecule has 2 aromatic heterocycles. The number of nitrogens with zero attached hydrogens (tertiary/aromatic N) is 3. The molecule has 2 unspecified atom stereocenters. The number of hydrogen-bond acceptors (Lipinski definition) is 6. The number of nitrogens with one attached hydrogen (secondary N) is 1. The summed E-state index contributed by atoms with van der Waals surface area (Å²) in [7, 11) is 0. The van der Waals surface area contributed by atoms with Crippen LogP contribution in [0.5, 0.6) is 0 Å². The Morgan fingerprint density at radius 1 is 1.71 bits per heavy atom. The maximum Gasteiger partial charge on any atom is 0.372 e. The first-order valence-electron chi connectivity index (χ1n) is 6.53. The number of fused-ring (bicyclic) bond motifs is 1. The van der Waals surface area contributed by atoms with Crippen LogP contribution in [0.3, 0.4) is 0 Å². The molecule has 2 N–H and O–H groups in total. The van der Waals surface area contributed by atoms with Crippen LogP contribution in [0.2, 0.25) is 0 Å². The molecule has 2 atom stereocenters. The van der Waals surface area contributed by atoms with Crippen molar-refractivity contribution in [3.8, 4) is 0 Å². The summed E-state index contributed by atoms with van der Waals surface area (Å²) < 4.78 is 1.40. The molecule has 1 saturated carbocycles. The Morgan fingerprint density at radius 3 is 3.14 bits per heavy atom. The van der Waals surface area contributed by atoms with Gasteiger partial charge in [-0.2, -0.15) is 9.38 Å². The molecule has 0 aliphatic heterocycles. The van der Waals surface area contributed by atoms with E-state index in [-0.39, 0.29) is 17.7 Å². The fourth-order valence-electron chi connectivity index (χ4n) is 2.86. The highest BCUT2D eigenvalue weighted by atomic mass is 32.1. The number of carboxylic acids is 1. The van der Waals surface area contributed by atoms with E-state index in [1.165, 1.54) is 15.7 Å². The molecule has 112 valence electrons. The third-order valence-electron chi connectivity index (χ3n) is 4.17. The zero-order valence-electron chi connectivity index (χ0n) is 11.3. The zero-order valence-corrected chi connectivity index (χ0v) is 12.1. The van der Waals surface area contributed by atoms with Crippen LogP contribution in [0.15, 0.2) is 11.6 Å². The average molecular weight is 310 g/mol. The Bertz CT molecular complexity index is 724. The summed E-state index contributed by atoms with van der Waals surface area (Å²) >= 11 is 1.29. The van der Waals surface area contributed by atoms with Gasteiger partial charge < -0.3 is 20.5 Å². The van der Waals surface area contributed by atoms with Crippen LogP contribution in [-0.2, 0) is 4.79 Å². The van der Waals surface area contributed by atoms with Crippen molar-refractivity contribution in [2.75, 3.05) is 5.32 Å². The van der Waals surface area contributed by atoms with Gasteiger partial charge in [0.2, 0.25) is 5.82 Å². The number of anilines is 1. The first-order chi connectivity index (χ1) is 9.93. The number of imidazole rings is 1. The molecule has 2 heterocycles. The van der Waals surface area contributed by atoms with E-state index in [1.807, 2.05) is 0 Å². The molecule has 0 saturated heterocycles. The quantitative estimate of drug-likeness (QED) is 0.662. The van der Waals surface area contributed by atoms with E-state index in [0.717, 1.165) is 6.42 Å². The van der Waals surface area contributed by atoms with Crippen molar-refractivity contribution < 1.29 is 14.8 Å². The minimum atomic E-state index is -0.926. The molecular weight excluding hydrogens is 296 g/mol. The van der Waals surface area contributed by atoms with Crippen molar-refractivity contribution >= 4 is 33.9 Å². The van der Waals surface area contributed by atoms with Crippen molar-refractivity contribution in [2.45, 2.75) is 32.2 Å². The Morgan fingerprint density at radius 2 is 2.48 bits per heavy atom. The number of aromatic nitrogens is 2. The van der Waals surface area contributed by atoms with Gasteiger partial charge in [0.15, 0.2) is 0 Å². The highest BCUT2D eigenvalue weighted by Gasteiger charge is 2.46. The van der Waals surface area contributed by atoms with Crippen molar-refractivity contribution in [3.05, 3.63) is 21.7 Å². The van der Waals surface area contributed by atoms with E-state index in [4.69, 9.17) is 0 Å². The van der Waals surface area contributed by atoms with E-state index in [2.05, 4.69) is 10.3 Å². The lowest BCUT2D eigenvalue weighted by atomic mass is 9.85. The van der Waals surface area contributed by atoms with Crippen LogP contribution in [-0.4, -0.2) is 31.4 Å². The number of hydrogen-bond donors (Lipinski definition) is 2. The third-order valence-corrected chi connectivity index (χ3v) is 4.92. The smallest absolute Gasteiger partial charge is 0.372 e. The first kappa shape index (κ1) is 13.8. The number of carbonyl (C=O) groups is 1. The zero-order chi connectivity index (χ0) is 15.2. The largest absolute Gasteiger partial charge is 0.481 e. The van der Waals surface area contributed by atoms with Crippen LogP contribution < -0.4 is 5.32 Å². The molecule has 0 radical (unpaired) electrons. The molecule has 3 rings (SSSR count). The van der Waals surface area contributed by atoms with Crippen LogP contribution in [0, 0.1) is 15.5 Å². The van der Waals surface area contributed by atoms with Gasteiger partial charge in [0.05, 0.1) is 5.41 Å². The van der Waals surface area contributed by atoms with E-state index in [9.17, 15) is 20.0 Å². The highest BCUT2D eigenvalue weighted by molar-refractivity contribution is 7.15. The monoisotopic (exact) mass is 310 g/mol. The topological polar surface area (TPSA) is 110 Å². The SMILES string of the molecule is CC1(C(=O)O)CCCC1Nc1nc2sccn2c1[N+](=O)[O-]. The van der Waals surface area contributed by atoms with Gasteiger partial charge in [-0.1, -0.05) is 17.8 Å². The number of aliphatic carboxylic acids is 1. The van der Waals surface area contributed by atoms with Gasteiger partial charge in [-0.3, -0.25) is 4.79 Å². The van der Waals surface area contributed by atoms with Gasteiger partial charge >= 0.3 is 11.8 Å². The number of rotatable bonds is 4. The van der Waals surface area contributed by atoms with E-state index < -0.39 is 16.3 Å². The number of carboxylic acid groups (broad SMARTS) is 1. The predicted molar refractivity (Wildman–Crippen MR) is 76.7 cm³/mol. The van der Waals surface area contributed by atoms with Crippen molar-refractivity contribution in [1.82, 2.24) is 9.38 Å². The predicted octanol–water partition coefficient (Wildman–Crippen LogP) is 2.36. The fourth-order valence-corrected chi connectivity index (χ4v) is 3.57. The first-order valence-corrected chi connectivity index (χ1v) is 7.41. The molecular formula is C12H14N4O4S. The van der Waals surface area contributed by atoms with Gasteiger partial charge in [-0.05, 0) is 24.7 Å². The lowest BCUT2D eigenvalue weighted by Gasteiger charge is -2.27. The van der Waals surface area contributed by atoms with Crippen LogP contribution in [0.25, 0.3) is 4.96 Å². The van der Waals surface area contributed by atoms with Gasteiger partial charge in [-0.25, -0.2) is 0 Å². The van der Waals surface area contributed by atoms with Crippen molar-refractivity contribution in [3.63, 3.8) is 0 Å². The van der Waals surface area contributed by atoms with Crippen molar-refractivity contribution in [2.24, 2.45) is 5.41 Å². The minimum Gasteiger partial charge on any atom is -0.481 e. The van der Waals surface area contributed by atoms with Crippen molar-refractivity contribution in [1.29, 1.82) is 0 Å². The molecule has 1 aliphatic carbocycles. The number of nitro groups is 1. The van der Waals surface area contributed by atoms with Gasteiger partial charge in [-0.15, -0.1) is 0 Å². The standard InChI is InChI=1S/C12H14N4O4S/c1-12(10(17)18)4-2-3-7(12)13-8-9(16(19)20)15-5-6-21-11(15)14-8/h5-7,13H,2-4H2,1H3,(H,17,18). The maximum atomic E-state index is 11.5. The normalized spacial score (nSPS) is 25.3. The molecule has 2 aromatic rings. The summed E-state index contributed by atoms with van der Waals surface area (Å²) in [6.45, 7) is 1.67. The molecule has 8 nitrogen and oxygen atoms in total. The Labute approximate surface area is 123 Å². The number of thiazole rings is 1. The second-order valence-corrected chi connectivity index (χ2v) is 6.28. The second-order valence-electron chi connectivity index (χ2n) is 5.41. The average Bonchev–Trinajstić information content (AvgIpc) is 3.05. The van der Waals surface area contributed by atoms with Gasteiger partial charge in [0, 0.05) is 11.4 Å². The molecule has 0 aromatic carbocycles. The fraction of sp³-hybridized carbons (Fsp3) is 0.500. The van der Waals surface area contributed by atoms with Crippen LogP contribution >= 0.6 is 11.3 Å². The van der Waals surface area contributed by atoms with Crippen LogP contribution in [0.1, 0.15) is 26.2 Å². The summed E-state index contributed by atoms with van der Waals surface area (Å²) in [5.74, 6) is -0.890. The molecule has 0 bridgehead atoms. The third kappa shape index (κ3) is 2.04. The van der Waals surface area contributed by atoms with E-state index >= 15 is 0 Å². The van der Waals surface area contributed by atoms with E-state index in [1.54, 1.807) is 18.5 Å². The summed E-state index contributed by atoms with van der Waals surface area (Å²) in [6.07, 6.45) is 3.57. The minimum absolute atomic E-state index is 0.145. The summed E-state index contributed by atoms with van der Waals surface area (Å²) in [5.41, 5.74) is -0.926. The van der Waals surface area contributed by atoms with Gasteiger partial charge in [0.25, 0.3) is 4.96 Å². The second kappa shape index (κ2) is 4.69. The Kier molecular flexibility index (Phi) is 3.08.